The van der Waals surface area contributed by atoms with Crippen molar-refractivity contribution in [2.24, 2.45) is 0 Å². The fraction of sp³-hybridized carbons (Fsp3) is 0.333. The molecule has 0 amide bonds. The maximum Gasteiger partial charge on any atom is 0.126 e. The third kappa shape index (κ3) is 2.82. The lowest BCUT2D eigenvalue weighted by atomic mass is 10.1. The second kappa shape index (κ2) is 5.79. The molecule has 2 aromatic carbocycles. The number of phenolic OH excluding ortho intramolecular Hbond substituents is 1. The van der Waals surface area contributed by atoms with E-state index in [1.165, 1.54) is 5.56 Å². The Hall–Kier alpha value is -2.36. The van der Waals surface area contributed by atoms with Crippen LogP contribution in [-0.2, 0) is 12.8 Å². The third-order valence-corrected chi connectivity index (χ3v) is 3.92. The van der Waals surface area contributed by atoms with Gasteiger partial charge in [0.1, 0.15) is 29.5 Å². The molecule has 0 spiro atoms. The standard InChI is InChI=1S/C9H11NO.C9H10O2/c2*1-6-5-7-8(10)3-2-4-9(7)11-6/h2-4,6H,5,10H2,1H3;2-4,6,10H,5H2,1H3. The van der Waals surface area contributed by atoms with E-state index < -0.39 is 0 Å². The number of nitrogens with two attached hydrogens (primary N) is 1. The fourth-order valence-electron chi connectivity index (χ4n) is 2.87. The van der Waals surface area contributed by atoms with E-state index in [4.69, 9.17) is 15.2 Å². The van der Waals surface area contributed by atoms with Crippen LogP contribution in [0.3, 0.4) is 0 Å². The summed E-state index contributed by atoms with van der Waals surface area (Å²) in [6.07, 6.45) is 2.26. The molecule has 4 heteroatoms. The summed E-state index contributed by atoms with van der Waals surface area (Å²) < 4.78 is 10.9. The Morgan fingerprint density at radius 1 is 0.909 bits per heavy atom. The van der Waals surface area contributed by atoms with Crippen molar-refractivity contribution in [2.75, 3.05) is 5.73 Å². The van der Waals surface area contributed by atoms with Crippen LogP contribution in [0.1, 0.15) is 25.0 Å². The molecule has 0 bridgehead atoms. The number of hydrogen-bond acceptors (Lipinski definition) is 4. The molecule has 2 aromatic rings. The zero-order valence-corrected chi connectivity index (χ0v) is 12.9. The number of rotatable bonds is 0. The molecule has 3 N–H and O–H groups in total. The number of phenols is 1. The molecular weight excluding hydrogens is 278 g/mol. The predicted octanol–water partition coefficient (Wildman–Crippen LogP) is 3.31. The van der Waals surface area contributed by atoms with E-state index >= 15 is 0 Å². The summed E-state index contributed by atoms with van der Waals surface area (Å²) in [5.41, 5.74) is 8.72. The predicted molar refractivity (Wildman–Crippen MR) is 86.5 cm³/mol. The number of anilines is 1. The summed E-state index contributed by atoms with van der Waals surface area (Å²) in [5.74, 6) is 2.14. The topological polar surface area (TPSA) is 64.7 Å². The highest BCUT2D eigenvalue weighted by Gasteiger charge is 2.21. The van der Waals surface area contributed by atoms with Crippen molar-refractivity contribution in [3.05, 3.63) is 47.5 Å². The van der Waals surface area contributed by atoms with Crippen molar-refractivity contribution in [1.29, 1.82) is 0 Å². The van der Waals surface area contributed by atoms with Crippen LogP contribution in [-0.4, -0.2) is 17.3 Å². The molecule has 2 aliphatic heterocycles. The molecule has 0 saturated heterocycles. The summed E-state index contributed by atoms with van der Waals surface area (Å²) in [5, 5.41) is 9.37. The molecule has 116 valence electrons. The molecule has 0 radical (unpaired) electrons. The first-order chi connectivity index (χ1) is 10.5. The number of hydrogen-bond donors (Lipinski definition) is 2. The van der Waals surface area contributed by atoms with E-state index in [1.807, 2.05) is 31.2 Å². The van der Waals surface area contributed by atoms with Gasteiger partial charge in [-0.1, -0.05) is 12.1 Å². The van der Waals surface area contributed by atoms with E-state index in [1.54, 1.807) is 12.1 Å². The van der Waals surface area contributed by atoms with Crippen molar-refractivity contribution in [3.8, 4) is 17.2 Å². The lowest BCUT2D eigenvalue weighted by Crippen LogP contribution is -2.05. The summed E-state index contributed by atoms with van der Waals surface area (Å²) in [7, 11) is 0. The first kappa shape index (κ1) is 14.6. The van der Waals surface area contributed by atoms with Gasteiger partial charge >= 0.3 is 0 Å². The second-order valence-electron chi connectivity index (χ2n) is 5.84. The summed E-state index contributed by atoms with van der Waals surface area (Å²) in [4.78, 5) is 0. The van der Waals surface area contributed by atoms with Gasteiger partial charge in [-0.05, 0) is 38.1 Å². The smallest absolute Gasteiger partial charge is 0.126 e. The minimum absolute atomic E-state index is 0.207. The Bertz CT molecular complexity index is 625. The van der Waals surface area contributed by atoms with Crippen molar-refractivity contribution in [3.63, 3.8) is 0 Å². The normalized spacial score (nSPS) is 21.0. The molecular formula is C18H21NO3. The second-order valence-corrected chi connectivity index (χ2v) is 5.84. The summed E-state index contributed by atoms with van der Waals surface area (Å²) in [6, 6.07) is 11.2. The SMILES string of the molecule is CC1Cc2c(N)cccc2O1.CC1Cc2c(O)cccc2O1. The largest absolute Gasteiger partial charge is 0.508 e. The minimum Gasteiger partial charge on any atom is -0.508 e. The molecule has 0 fully saturated rings. The first-order valence-electron chi connectivity index (χ1n) is 7.56. The van der Waals surface area contributed by atoms with E-state index in [2.05, 4.69) is 6.92 Å². The zero-order valence-electron chi connectivity index (χ0n) is 12.9. The molecule has 0 aliphatic carbocycles. The Morgan fingerprint density at radius 2 is 1.45 bits per heavy atom. The van der Waals surface area contributed by atoms with Crippen LogP contribution in [0.4, 0.5) is 5.69 Å². The van der Waals surface area contributed by atoms with Gasteiger partial charge in [-0.15, -0.1) is 0 Å². The molecule has 2 unspecified atom stereocenters. The van der Waals surface area contributed by atoms with Crippen molar-refractivity contribution in [1.82, 2.24) is 0 Å². The Labute approximate surface area is 130 Å². The van der Waals surface area contributed by atoms with Crippen molar-refractivity contribution in [2.45, 2.75) is 38.9 Å². The van der Waals surface area contributed by atoms with E-state index in [0.717, 1.165) is 35.6 Å². The van der Waals surface area contributed by atoms with Crippen LogP contribution in [0, 0.1) is 0 Å². The first-order valence-corrected chi connectivity index (χ1v) is 7.56. The molecule has 2 aliphatic rings. The average Bonchev–Trinajstić information content (AvgIpc) is 3.03. The molecule has 2 atom stereocenters. The van der Waals surface area contributed by atoms with Gasteiger partial charge in [-0.25, -0.2) is 0 Å². The molecule has 0 saturated carbocycles. The van der Waals surface area contributed by atoms with Crippen LogP contribution in [0.25, 0.3) is 0 Å². The quantitative estimate of drug-likeness (QED) is 0.733. The lowest BCUT2D eigenvalue weighted by Gasteiger charge is -2.01. The average molecular weight is 299 g/mol. The Balaban J connectivity index is 0.000000131. The van der Waals surface area contributed by atoms with E-state index in [-0.39, 0.29) is 12.2 Å². The van der Waals surface area contributed by atoms with Gasteiger partial charge < -0.3 is 20.3 Å². The summed E-state index contributed by atoms with van der Waals surface area (Å²) >= 11 is 0. The van der Waals surface area contributed by atoms with Crippen molar-refractivity contribution >= 4 is 5.69 Å². The lowest BCUT2D eigenvalue weighted by molar-refractivity contribution is 0.254. The van der Waals surface area contributed by atoms with Gasteiger partial charge in [0, 0.05) is 29.7 Å². The number of nitrogen functional groups attached to an aromatic ring is 1. The van der Waals surface area contributed by atoms with Gasteiger partial charge in [0.15, 0.2) is 0 Å². The Kier molecular flexibility index (Phi) is 3.84. The van der Waals surface area contributed by atoms with Crippen LogP contribution in [0.5, 0.6) is 17.2 Å². The van der Waals surface area contributed by atoms with Crippen molar-refractivity contribution < 1.29 is 14.6 Å². The third-order valence-electron chi connectivity index (χ3n) is 3.92. The number of ether oxygens (including phenoxy) is 2. The highest BCUT2D eigenvalue weighted by Crippen LogP contribution is 2.34. The van der Waals surface area contributed by atoms with Crippen LogP contribution < -0.4 is 15.2 Å². The monoisotopic (exact) mass is 299 g/mol. The van der Waals surface area contributed by atoms with Gasteiger partial charge in [0.25, 0.3) is 0 Å². The summed E-state index contributed by atoms with van der Waals surface area (Å²) in [6.45, 7) is 4.05. The van der Waals surface area contributed by atoms with Gasteiger partial charge in [-0.2, -0.15) is 0 Å². The van der Waals surface area contributed by atoms with Crippen LogP contribution >= 0.6 is 0 Å². The highest BCUT2D eigenvalue weighted by molar-refractivity contribution is 5.56. The minimum atomic E-state index is 0.207. The van der Waals surface area contributed by atoms with E-state index in [0.29, 0.717) is 5.75 Å². The molecule has 22 heavy (non-hydrogen) atoms. The molecule has 4 rings (SSSR count). The van der Waals surface area contributed by atoms with Gasteiger partial charge in [-0.3, -0.25) is 0 Å². The highest BCUT2D eigenvalue weighted by atomic mass is 16.5. The van der Waals surface area contributed by atoms with Gasteiger partial charge in [0.2, 0.25) is 0 Å². The number of fused-ring (bicyclic) bond motifs is 2. The fourth-order valence-corrected chi connectivity index (χ4v) is 2.87. The van der Waals surface area contributed by atoms with Crippen LogP contribution in [0.15, 0.2) is 36.4 Å². The molecule has 2 heterocycles. The van der Waals surface area contributed by atoms with E-state index in [9.17, 15) is 5.11 Å². The molecule has 4 nitrogen and oxygen atoms in total. The Morgan fingerprint density at radius 3 is 2.05 bits per heavy atom. The van der Waals surface area contributed by atoms with Gasteiger partial charge in [0.05, 0.1) is 0 Å². The molecule has 0 aromatic heterocycles. The van der Waals surface area contributed by atoms with Crippen LogP contribution in [0.2, 0.25) is 0 Å². The maximum atomic E-state index is 9.37. The zero-order chi connectivity index (χ0) is 15.7. The maximum absolute atomic E-state index is 9.37. The number of benzene rings is 2. The number of aromatic hydroxyl groups is 1.